The zero-order chi connectivity index (χ0) is 5.11. The third-order valence-corrected chi connectivity index (χ3v) is 1.02. The van der Waals surface area contributed by atoms with E-state index in [1.807, 2.05) is 12.1 Å². The van der Waals surface area contributed by atoms with E-state index in [-0.39, 0.29) is 18.9 Å². The molecule has 1 aromatic rings. The zero-order valence-corrected chi connectivity index (χ0v) is 5.14. The number of hydrogen-bond acceptors (Lipinski definition) is 1. The van der Waals surface area contributed by atoms with Gasteiger partial charge in [-0.15, -0.1) is 0 Å². The molecule has 0 aliphatic rings. The fourth-order valence-corrected chi connectivity index (χ4v) is 0.562. The summed E-state index contributed by atoms with van der Waals surface area (Å²) in [6.07, 6.45) is 2.66. The molecule has 1 aromatic heterocycles. The number of hydrogen-bond donors (Lipinski definition) is 0. The summed E-state index contributed by atoms with van der Waals surface area (Å²) in [4.78, 5) is 3.77. The van der Waals surface area contributed by atoms with Crippen LogP contribution in [-0.2, 0) is 0 Å². The topological polar surface area (TPSA) is 12.9 Å². The Morgan fingerprint density at radius 3 is 2.62 bits per heavy atom. The van der Waals surface area contributed by atoms with Crippen LogP contribution in [0.1, 0.15) is 0 Å². The van der Waals surface area contributed by atoms with Gasteiger partial charge >= 0.3 is 18.9 Å². The molecule has 1 nitrogen and oxygen atoms in total. The minimum absolute atomic E-state index is 0. The predicted molar refractivity (Wildman–Crippen MR) is 37.9 cm³/mol. The van der Waals surface area contributed by atoms with Crippen LogP contribution in [0.3, 0.4) is 0 Å². The minimum atomic E-state index is 0. The third kappa shape index (κ3) is 2.51. The van der Waals surface area contributed by atoms with E-state index in [9.17, 15) is 0 Å². The van der Waals surface area contributed by atoms with Crippen LogP contribution in [0.5, 0.6) is 0 Å². The number of nitrogens with zero attached hydrogens (tertiary/aromatic N) is 1. The number of halogens is 1. The molecule has 0 atom stereocenters. The standard InChI is InChI=1S/C5H3BrN.Li.H/c6-5-3-1-2-4-7-5;;/h1-3H;;. The summed E-state index contributed by atoms with van der Waals surface area (Å²) in [6.45, 7) is 0. The molecule has 0 spiro atoms. The number of aromatic nitrogens is 1. The van der Waals surface area contributed by atoms with E-state index in [0.29, 0.717) is 0 Å². The van der Waals surface area contributed by atoms with Gasteiger partial charge in [-0.25, -0.2) is 4.98 Å². The summed E-state index contributed by atoms with van der Waals surface area (Å²) in [6, 6.07) is 5.48. The van der Waals surface area contributed by atoms with Crippen LogP contribution < -0.4 is 0 Å². The molecule has 0 aliphatic carbocycles. The monoisotopic (exact) mass is 164 g/mol. The van der Waals surface area contributed by atoms with Gasteiger partial charge in [0.05, 0.1) is 6.20 Å². The van der Waals surface area contributed by atoms with Crippen molar-refractivity contribution in [3.05, 3.63) is 29.0 Å². The van der Waals surface area contributed by atoms with E-state index >= 15 is 0 Å². The van der Waals surface area contributed by atoms with E-state index in [2.05, 4.69) is 27.1 Å². The van der Waals surface area contributed by atoms with E-state index in [1.165, 1.54) is 0 Å². The normalized spacial score (nSPS) is 7.62. The second kappa shape index (κ2) is 4.14. The molecule has 1 heterocycles. The Balaban J connectivity index is 0.000000490. The van der Waals surface area contributed by atoms with Gasteiger partial charge in [-0.1, -0.05) is 6.07 Å². The van der Waals surface area contributed by atoms with Crippen molar-refractivity contribution >= 4 is 34.8 Å². The Morgan fingerprint density at radius 1 is 1.62 bits per heavy atom. The third-order valence-electron chi connectivity index (χ3n) is 0.576. The Kier molecular flexibility index (Phi) is 4.26. The zero-order valence-electron chi connectivity index (χ0n) is 3.56. The Morgan fingerprint density at radius 2 is 2.38 bits per heavy atom. The fourth-order valence-electron chi connectivity index (χ4n) is 0.307. The molecule has 8 heavy (non-hydrogen) atoms. The van der Waals surface area contributed by atoms with Crippen molar-refractivity contribution in [2.24, 2.45) is 0 Å². The molecular weight excluding hydrogens is 161 g/mol. The van der Waals surface area contributed by atoms with Crippen molar-refractivity contribution in [2.75, 3.05) is 0 Å². The molecule has 1 radical (unpaired) electrons. The van der Waals surface area contributed by atoms with Gasteiger partial charge in [-0.05, 0) is 28.1 Å². The van der Waals surface area contributed by atoms with Gasteiger partial charge in [0.15, 0.2) is 0 Å². The molecular formula is C5H4BrLiN. The molecule has 0 saturated carbocycles. The maximum atomic E-state index is 3.77. The van der Waals surface area contributed by atoms with E-state index < -0.39 is 0 Å². The van der Waals surface area contributed by atoms with Gasteiger partial charge in [0.2, 0.25) is 0 Å². The molecule has 0 bridgehead atoms. The molecule has 0 fully saturated rings. The predicted octanol–water partition coefficient (Wildman–Crippen LogP) is 0.996. The van der Waals surface area contributed by atoms with Crippen LogP contribution >= 0.6 is 15.9 Å². The summed E-state index contributed by atoms with van der Waals surface area (Å²) >= 11 is 3.17. The first-order valence-corrected chi connectivity index (χ1v) is 2.67. The first kappa shape index (κ1) is 8.23. The molecule has 0 unspecified atom stereocenters. The molecule has 0 saturated heterocycles. The molecule has 0 aromatic carbocycles. The summed E-state index contributed by atoms with van der Waals surface area (Å²) in [5.74, 6) is 0. The summed E-state index contributed by atoms with van der Waals surface area (Å²) in [5.41, 5.74) is 0. The van der Waals surface area contributed by atoms with Crippen molar-refractivity contribution in [3.8, 4) is 0 Å². The van der Waals surface area contributed by atoms with Gasteiger partial charge in [0.1, 0.15) is 4.60 Å². The quantitative estimate of drug-likeness (QED) is 0.412. The second-order valence-electron chi connectivity index (χ2n) is 1.09. The summed E-state index contributed by atoms with van der Waals surface area (Å²) in [5, 5.41) is 0. The van der Waals surface area contributed by atoms with E-state index in [1.54, 1.807) is 6.07 Å². The Labute approximate surface area is 68.8 Å². The van der Waals surface area contributed by atoms with Crippen molar-refractivity contribution in [2.45, 2.75) is 0 Å². The fraction of sp³-hybridized carbons (Fsp3) is 0. The Hall–Kier alpha value is 0.227. The van der Waals surface area contributed by atoms with Crippen molar-refractivity contribution < 1.29 is 0 Å². The molecule has 3 heteroatoms. The van der Waals surface area contributed by atoms with Crippen molar-refractivity contribution in [3.63, 3.8) is 0 Å². The second-order valence-corrected chi connectivity index (χ2v) is 1.90. The van der Waals surface area contributed by atoms with Crippen LogP contribution in [0.2, 0.25) is 0 Å². The molecule has 1 rings (SSSR count). The number of rotatable bonds is 0. The maximum absolute atomic E-state index is 3.77. The van der Waals surface area contributed by atoms with Crippen LogP contribution in [0.4, 0.5) is 0 Å². The van der Waals surface area contributed by atoms with Gasteiger partial charge < -0.3 is 0 Å². The van der Waals surface area contributed by atoms with Gasteiger partial charge in [0.25, 0.3) is 0 Å². The van der Waals surface area contributed by atoms with Crippen LogP contribution in [0, 0.1) is 6.20 Å². The van der Waals surface area contributed by atoms with Crippen LogP contribution in [-0.4, -0.2) is 23.8 Å². The molecule has 0 aliphatic heterocycles. The van der Waals surface area contributed by atoms with Crippen molar-refractivity contribution in [1.29, 1.82) is 0 Å². The van der Waals surface area contributed by atoms with E-state index in [0.717, 1.165) is 4.60 Å². The summed E-state index contributed by atoms with van der Waals surface area (Å²) in [7, 11) is 0. The number of pyridine rings is 1. The SMILES string of the molecule is Brc1ccc[c]n1.[LiH]. The van der Waals surface area contributed by atoms with E-state index in [4.69, 9.17) is 0 Å². The molecule has 0 amide bonds. The van der Waals surface area contributed by atoms with Crippen LogP contribution in [0.25, 0.3) is 0 Å². The van der Waals surface area contributed by atoms with Gasteiger partial charge in [-0.3, -0.25) is 0 Å². The van der Waals surface area contributed by atoms with Gasteiger partial charge in [0, 0.05) is 0 Å². The molecule has 37 valence electrons. The first-order valence-electron chi connectivity index (χ1n) is 1.88. The van der Waals surface area contributed by atoms with Crippen molar-refractivity contribution in [1.82, 2.24) is 4.98 Å². The summed E-state index contributed by atoms with van der Waals surface area (Å²) < 4.78 is 0.829. The average molecular weight is 165 g/mol. The molecule has 0 N–H and O–H groups in total. The Bertz CT molecular complexity index is 142. The average Bonchev–Trinajstić information content (AvgIpc) is 1.69. The van der Waals surface area contributed by atoms with Gasteiger partial charge in [-0.2, -0.15) is 0 Å². The first-order chi connectivity index (χ1) is 3.39. The van der Waals surface area contributed by atoms with Crippen LogP contribution in [0.15, 0.2) is 22.8 Å².